The van der Waals surface area contributed by atoms with Gasteiger partial charge in [-0.15, -0.1) is 0 Å². The van der Waals surface area contributed by atoms with E-state index in [0.29, 0.717) is 0 Å². The lowest BCUT2D eigenvalue weighted by atomic mass is 9.93. The van der Waals surface area contributed by atoms with Gasteiger partial charge in [-0.25, -0.2) is 0 Å². The largest absolute Gasteiger partial charge is 0.310 e. The number of nitrogens with zero attached hydrogens (tertiary/aromatic N) is 1. The van der Waals surface area contributed by atoms with Gasteiger partial charge in [-0.05, 0) is 103 Å². The number of rotatable bonds is 9. The first-order valence-electron chi connectivity index (χ1n) is 18.8. The highest BCUT2D eigenvalue weighted by Crippen LogP contribution is 2.43. The number of hydrogen-bond donors (Lipinski definition) is 0. The fourth-order valence-electron chi connectivity index (χ4n) is 7.70. The second kappa shape index (κ2) is 15.4. The van der Waals surface area contributed by atoms with Gasteiger partial charge in [0, 0.05) is 17.1 Å². The lowest BCUT2D eigenvalue weighted by Crippen LogP contribution is -2.10. The molecule has 0 atom stereocenters. The van der Waals surface area contributed by atoms with E-state index in [-0.39, 0.29) is 0 Å². The fourth-order valence-corrected chi connectivity index (χ4v) is 7.70. The molecule has 0 saturated carbocycles. The molecular weight excluding hydrogens is 663 g/mol. The molecule has 0 aromatic heterocycles. The maximum atomic E-state index is 2.40. The van der Waals surface area contributed by atoms with E-state index < -0.39 is 0 Å². The van der Waals surface area contributed by atoms with E-state index in [9.17, 15) is 0 Å². The van der Waals surface area contributed by atoms with Crippen molar-refractivity contribution in [3.8, 4) is 66.8 Å². The Hall–Kier alpha value is -7.22. The third kappa shape index (κ3) is 7.00. The van der Waals surface area contributed by atoms with Crippen molar-refractivity contribution in [2.75, 3.05) is 4.90 Å². The maximum absolute atomic E-state index is 2.40. The third-order valence-electron chi connectivity index (χ3n) is 10.3. The predicted molar refractivity (Wildman–Crippen MR) is 234 cm³/mol. The summed E-state index contributed by atoms with van der Waals surface area (Å²) < 4.78 is 0. The molecular formula is C54H39N. The van der Waals surface area contributed by atoms with Gasteiger partial charge in [-0.1, -0.05) is 200 Å². The first-order valence-corrected chi connectivity index (χ1v) is 18.8. The average molecular weight is 702 g/mol. The summed E-state index contributed by atoms with van der Waals surface area (Å²) in [4.78, 5) is 2.40. The molecule has 0 aliphatic carbocycles. The van der Waals surface area contributed by atoms with Crippen LogP contribution in [-0.4, -0.2) is 0 Å². The summed E-state index contributed by atoms with van der Waals surface area (Å²) in [5.74, 6) is 0. The molecule has 1 heteroatoms. The molecule has 9 aromatic rings. The van der Waals surface area contributed by atoms with Crippen LogP contribution in [0.15, 0.2) is 237 Å². The minimum absolute atomic E-state index is 1.09. The molecule has 0 spiro atoms. The van der Waals surface area contributed by atoms with E-state index in [0.717, 1.165) is 33.8 Å². The van der Waals surface area contributed by atoms with E-state index in [2.05, 4.69) is 241 Å². The maximum Gasteiger partial charge on any atom is 0.0467 e. The van der Waals surface area contributed by atoms with Gasteiger partial charge in [-0.3, -0.25) is 0 Å². The molecule has 1 nitrogen and oxygen atoms in total. The average Bonchev–Trinajstić information content (AvgIpc) is 3.28. The zero-order chi connectivity index (χ0) is 36.8. The minimum Gasteiger partial charge on any atom is -0.310 e. The zero-order valence-corrected chi connectivity index (χ0v) is 30.5. The summed E-state index contributed by atoms with van der Waals surface area (Å²) in [6.45, 7) is 0. The van der Waals surface area contributed by atoms with Crippen molar-refractivity contribution in [2.24, 2.45) is 0 Å². The molecule has 0 saturated heterocycles. The minimum atomic E-state index is 1.09. The molecule has 0 aliphatic heterocycles. The van der Waals surface area contributed by atoms with Gasteiger partial charge in [0.05, 0.1) is 0 Å². The summed E-state index contributed by atoms with van der Waals surface area (Å²) in [5, 5.41) is 0. The summed E-state index contributed by atoms with van der Waals surface area (Å²) >= 11 is 0. The molecule has 0 N–H and O–H groups in total. The smallest absolute Gasteiger partial charge is 0.0467 e. The lowest BCUT2D eigenvalue weighted by Gasteiger charge is -2.27. The summed E-state index contributed by atoms with van der Waals surface area (Å²) in [7, 11) is 0. The first-order chi connectivity index (χ1) is 27.3. The Labute approximate surface area is 324 Å². The van der Waals surface area contributed by atoms with Gasteiger partial charge in [0.25, 0.3) is 0 Å². The quantitative estimate of drug-likeness (QED) is 0.145. The molecule has 0 radical (unpaired) electrons. The van der Waals surface area contributed by atoms with Crippen LogP contribution in [0.3, 0.4) is 0 Å². The van der Waals surface area contributed by atoms with Gasteiger partial charge < -0.3 is 4.90 Å². The van der Waals surface area contributed by atoms with Gasteiger partial charge in [-0.2, -0.15) is 0 Å². The van der Waals surface area contributed by atoms with Crippen molar-refractivity contribution in [1.29, 1.82) is 0 Å². The van der Waals surface area contributed by atoms with Gasteiger partial charge >= 0.3 is 0 Å². The molecule has 0 aliphatic rings. The van der Waals surface area contributed by atoms with Crippen molar-refractivity contribution >= 4 is 17.1 Å². The van der Waals surface area contributed by atoms with E-state index in [1.54, 1.807) is 0 Å². The van der Waals surface area contributed by atoms with E-state index in [4.69, 9.17) is 0 Å². The molecule has 0 heterocycles. The summed E-state index contributed by atoms with van der Waals surface area (Å²) in [6.07, 6.45) is 0. The highest BCUT2D eigenvalue weighted by Gasteiger charge is 2.18. The number of anilines is 3. The van der Waals surface area contributed by atoms with Gasteiger partial charge in [0.15, 0.2) is 0 Å². The van der Waals surface area contributed by atoms with Gasteiger partial charge in [0.2, 0.25) is 0 Å². The van der Waals surface area contributed by atoms with Crippen LogP contribution < -0.4 is 4.90 Å². The molecule has 9 rings (SSSR count). The van der Waals surface area contributed by atoms with E-state index in [1.807, 2.05) is 0 Å². The zero-order valence-electron chi connectivity index (χ0n) is 30.5. The molecule has 260 valence electrons. The van der Waals surface area contributed by atoms with E-state index in [1.165, 1.54) is 50.1 Å². The molecule has 0 unspecified atom stereocenters. The number of benzene rings is 9. The highest BCUT2D eigenvalue weighted by molar-refractivity contribution is 5.91. The second-order valence-electron chi connectivity index (χ2n) is 13.7. The number of hydrogen-bond acceptors (Lipinski definition) is 1. The first kappa shape index (κ1) is 33.6. The van der Waals surface area contributed by atoms with Crippen LogP contribution in [0, 0.1) is 0 Å². The topological polar surface area (TPSA) is 3.24 Å². The Kier molecular flexibility index (Phi) is 9.41. The second-order valence-corrected chi connectivity index (χ2v) is 13.7. The van der Waals surface area contributed by atoms with Crippen molar-refractivity contribution < 1.29 is 0 Å². The molecule has 0 fully saturated rings. The van der Waals surface area contributed by atoms with Crippen LogP contribution in [-0.2, 0) is 0 Å². The highest BCUT2D eigenvalue weighted by atomic mass is 15.1. The molecule has 9 aromatic carbocycles. The third-order valence-corrected chi connectivity index (χ3v) is 10.3. The Balaban J connectivity index is 1.21. The Bertz CT molecular complexity index is 2400. The Morgan fingerprint density at radius 3 is 0.673 bits per heavy atom. The Morgan fingerprint density at radius 1 is 0.182 bits per heavy atom. The van der Waals surface area contributed by atoms with Crippen molar-refractivity contribution in [3.05, 3.63) is 237 Å². The predicted octanol–water partition coefficient (Wildman–Crippen LogP) is 15.2. The molecule has 0 bridgehead atoms. The molecule has 55 heavy (non-hydrogen) atoms. The lowest BCUT2D eigenvalue weighted by molar-refractivity contribution is 1.28. The standard InChI is InChI=1S/C54H39N/c1-4-19-40(20-5-1)49-31-10-13-34-52(49)43-25-16-28-46(37-43)55(47-29-17-26-44(38-47)53-35-14-11-32-50(53)41-21-6-2-7-22-41)48-30-18-27-45(39-48)54-36-15-12-33-51(54)42-23-8-3-9-24-42/h1-39H. The van der Waals surface area contributed by atoms with Crippen LogP contribution >= 0.6 is 0 Å². The van der Waals surface area contributed by atoms with E-state index >= 15 is 0 Å². The van der Waals surface area contributed by atoms with Crippen LogP contribution in [0.2, 0.25) is 0 Å². The monoisotopic (exact) mass is 701 g/mol. The van der Waals surface area contributed by atoms with Crippen LogP contribution in [0.25, 0.3) is 66.8 Å². The van der Waals surface area contributed by atoms with Crippen molar-refractivity contribution in [2.45, 2.75) is 0 Å². The fraction of sp³-hybridized carbons (Fsp3) is 0. The molecule has 0 amide bonds. The normalized spacial score (nSPS) is 10.9. The van der Waals surface area contributed by atoms with Gasteiger partial charge in [0.1, 0.15) is 0 Å². The summed E-state index contributed by atoms with van der Waals surface area (Å²) in [5.41, 5.74) is 17.6. The van der Waals surface area contributed by atoms with Crippen molar-refractivity contribution in [3.63, 3.8) is 0 Å². The van der Waals surface area contributed by atoms with Crippen LogP contribution in [0.4, 0.5) is 17.1 Å². The SMILES string of the molecule is c1ccc(-c2ccccc2-c2cccc(N(c3cccc(-c4ccccc4-c4ccccc4)c3)c3cccc(-c4ccccc4-c4ccccc4)c3)c2)cc1. The van der Waals surface area contributed by atoms with Crippen LogP contribution in [0.1, 0.15) is 0 Å². The summed E-state index contributed by atoms with van der Waals surface area (Å²) in [6, 6.07) is 85.0. The van der Waals surface area contributed by atoms with Crippen LogP contribution in [0.5, 0.6) is 0 Å². The van der Waals surface area contributed by atoms with Crippen molar-refractivity contribution in [1.82, 2.24) is 0 Å². The Morgan fingerprint density at radius 2 is 0.400 bits per heavy atom.